The summed E-state index contributed by atoms with van der Waals surface area (Å²) in [5.41, 5.74) is 0. The molecule has 0 aromatic rings. The van der Waals surface area contributed by atoms with E-state index in [1.54, 1.807) is 0 Å². The van der Waals surface area contributed by atoms with Crippen LogP contribution in [0.15, 0.2) is 0 Å². The first kappa shape index (κ1) is 11.5. The zero-order chi connectivity index (χ0) is 10.2. The zero-order valence-corrected chi connectivity index (χ0v) is 9.26. The van der Waals surface area contributed by atoms with Crippen LogP contribution in [0.25, 0.3) is 0 Å². The highest BCUT2D eigenvalue weighted by Crippen LogP contribution is 2.34. The monoisotopic (exact) mass is 198 g/mol. The second kappa shape index (κ2) is 6.86. The summed E-state index contributed by atoms with van der Waals surface area (Å²) in [4.78, 5) is 11.0. The molecule has 0 spiro atoms. The van der Waals surface area contributed by atoms with Crippen LogP contribution in [0.4, 0.5) is 0 Å². The van der Waals surface area contributed by atoms with Crippen LogP contribution < -0.4 is 0 Å². The van der Waals surface area contributed by atoms with E-state index in [1.165, 1.54) is 38.5 Å². The molecule has 1 saturated carbocycles. The van der Waals surface area contributed by atoms with Gasteiger partial charge in [0.05, 0.1) is 6.61 Å². The first-order valence-electron chi connectivity index (χ1n) is 5.98. The molecular formula is C12H22O2. The van der Waals surface area contributed by atoms with E-state index >= 15 is 0 Å². The second-order valence-corrected chi connectivity index (χ2v) is 4.20. The molecular weight excluding hydrogens is 176 g/mol. The number of unbranched alkanes of at least 4 members (excludes halogenated alkanes) is 3. The van der Waals surface area contributed by atoms with E-state index in [9.17, 15) is 4.79 Å². The van der Waals surface area contributed by atoms with Crippen molar-refractivity contribution in [1.82, 2.24) is 0 Å². The highest BCUT2D eigenvalue weighted by atomic mass is 16.5. The maximum absolute atomic E-state index is 11.0. The largest absolute Gasteiger partial charge is 0.466 e. The Morgan fingerprint density at radius 3 is 2.57 bits per heavy atom. The van der Waals surface area contributed by atoms with Gasteiger partial charge in [0.1, 0.15) is 0 Å². The summed E-state index contributed by atoms with van der Waals surface area (Å²) in [6, 6.07) is 0. The Morgan fingerprint density at radius 2 is 1.93 bits per heavy atom. The summed E-state index contributed by atoms with van der Waals surface area (Å²) in [6.45, 7) is 2.37. The molecule has 0 unspecified atom stereocenters. The molecule has 1 aliphatic carbocycles. The van der Waals surface area contributed by atoms with Crippen LogP contribution in [-0.4, -0.2) is 12.6 Å². The highest BCUT2D eigenvalue weighted by molar-refractivity contribution is 5.69. The molecule has 2 nitrogen and oxygen atoms in total. The molecule has 1 aliphatic rings. The molecule has 0 bridgehead atoms. The van der Waals surface area contributed by atoms with Gasteiger partial charge in [0, 0.05) is 6.42 Å². The molecule has 0 N–H and O–H groups in total. The van der Waals surface area contributed by atoms with Crippen LogP contribution in [-0.2, 0) is 9.53 Å². The summed E-state index contributed by atoms with van der Waals surface area (Å²) in [5, 5.41) is 0. The Balaban J connectivity index is 1.76. The van der Waals surface area contributed by atoms with Crippen molar-refractivity contribution in [2.24, 2.45) is 5.92 Å². The van der Waals surface area contributed by atoms with Crippen molar-refractivity contribution in [3.8, 4) is 0 Å². The lowest BCUT2D eigenvalue weighted by molar-refractivity contribution is -0.143. The average molecular weight is 198 g/mol. The van der Waals surface area contributed by atoms with Crippen molar-refractivity contribution in [1.29, 1.82) is 0 Å². The minimum Gasteiger partial charge on any atom is -0.466 e. The Bertz CT molecular complexity index is 162. The van der Waals surface area contributed by atoms with E-state index in [0.29, 0.717) is 13.0 Å². The molecule has 0 saturated heterocycles. The van der Waals surface area contributed by atoms with Gasteiger partial charge in [-0.25, -0.2) is 0 Å². The van der Waals surface area contributed by atoms with Crippen molar-refractivity contribution in [2.75, 3.05) is 6.61 Å². The van der Waals surface area contributed by atoms with Crippen LogP contribution >= 0.6 is 0 Å². The molecule has 0 aliphatic heterocycles. The third-order valence-electron chi connectivity index (χ3n) is 2.75. The molecule has 2 heteroatoms. The molecule has 1 rings (SSSR count). The van der Waals surface area contributed by atoms with Gasteiger partial charge in [0.2, 0.25) is 0 Å². The normalized spacial score (nSPS) is 15.5. The van der Waals surface area contributed by atoms with Gasteiger partial charge in [-0.15, -0.1) is 0 Å². The smallest absolute Gasteiger partial charge is 0.305 e. The summed E-state index contributed by atoms with van der Waals surface area (Å²) in [6.07, 6.45) is 9.78. The zero-order valence-electron chi connectivity index (χ0n) is 9.26. The fraction of sp³-hybridized carbons (Fsp3) is 0.917. The number of hydrogen-bond donors (Lipinski definition) is 0. The molecule has 0 aromatic carbocycles. The minimum atomic E-state index is -0.0327. The van der Waals surface area contributed by atoms with Gasteiger partial charge >= 0.3 is 5.97 Å². The molecule has 0 amide bonds. The Labute approximate surface area is 87.0 Å². The molecule has 1 fully saturated rings. The second-order valence-electron chi connectivity index (χ2n) is 4.20. The van der Waals surface area contributed by atoms with Gasteiger partial charge in [0.25, 0.3) is 0 Å². The number of hydrogen-bond acceptors (Lipinski definition) is 2. The quantitative estimate of drug-likeness (QED) is 0.442. The predicted molar refractivity (Wildman–Crippen MR) is 57.1 cm³/mol. The fourth-order valence-corrected chi connectivity index (χ4v) is 1.70. The van der Waals surface area contributed by atoms with E-state index in [-0.39, 0.29) is 5.97 Å². The minimum absolute atomic E-state index is 0.0327. The van der Waals surface area contributed by atoms with E-state index < -0.39 is 0 Å². The maximum atomic E-state index is 11.0. The summed E-state index contributed by atoms with van der Waals surface area (Å²) in [7, 11) is 0. The Kier molecular flexibility index (Phi) is 5.65. The van der Waals surface area contributed by atoms with E-state index in [1.807, 2.05) is 6.92 Å². The van der Waals surface area contributed by atoms with Gasteiger partial charge < -0.3 is 4.74 Å². The van der Waals surface area contributed by atoms with Gasteiger partial charge in [-0.05, 0) is 19.3 Å². The van der Waals surface area contributed by atoms with Crippen LogP contribution in [0.1, 0.15) is 58.3 Å². The van der Waals surface area contributed by atoms with Crippen LogP contribution in [0.3, 0.4) is 0 Å². The van der Waals surface area contributed by atoms with Crippen LogP contribution in [0, 0.1) is 5.92 Å². The number of ether oxygens (including phenoxy) is 1. The van der Waals surface area contributed by atoms with Crippen molar-refractivity contribution in [3.05, 3.63) is 0 Å². The number of esters is 1. The fourth-order valence-electron chi connectivity index (χ4n) is 1.70. The highest BCUT2D eigenvalue weighted by Gasteiger charge is 2.19. The standard InChI is InChI=1S/C12H22O2/c1-2-14-12(13)8-6-4-3-5-7-11-9-10-11/h11H,2-10H2,1H3. The third-order valence-corrected chi connectivity index (χ3v) is 2.75. The molecule has 14 heavy (non-hydrogen) atoms. The van der Waals surface area contributed by atoms with Crippen molar-refractivity contribution < 1.29 is 9.53 Å². The Hall–Kier alpha value is -0.530. The first-order valence-corrected chi connectivity index (χ1v) is 5.98. The summed E-state index contributed by atoms with van der Waals surface area (Å²) >= 11 is 0. The van der Waals surface area contributed by atoms with Gasteiger partial charge in [-0.3, -0.25) is 4.79 Å². The topological polar surface area (TPSA) is 26.3 Å². The molecule has 0 aromatic heterocycles. The molecule has 0 radical (unpaired) electrons. The third kappa shape index (κ3) is 6.01. The van der Waals surface area contributed by atoms with E-state index in [0.717, 1.165) is 12.3 Å². The van der Waals surface area contributed by atoms with Crippen LogP contribution in [0.5, 0.6) is 0 Å². The van der Waals surface area contributed by atoms with Gasteiger partial charge in [0.15, 0.2) is 0 Å². The van der Waals surface area contributed by atoms with Gasteiger partial charge in [-0.1, -0.05) is 38.5 Å². The molecule has 0 heterocycles. The van der Waals surface area contributed by atoms with Crippen molar-refractivity contribution in [3.63, 3.8) is 0 Å². The lowest BCUT2D eigenvalue weighted by atomic mass is 10.1. The predicted octanol–water partition coefficient (Wildman–Crippen LogP) is 3.30. The number of carbonyl (C=O) groups excluding carboxylic acids is 1. The van der Waals surface area contributed by atoms with Crippen LogP contribution in [0.2, 0.25) is 0 Å². The Morgan fingerprint density at radius 1 is 1.21 bits per heavy atom. The van der Waals surface area contributed by atoms with E-state index in [4.69, 9.17) is 4.74 Å². The first-order chi connectivity index (χ1) is 6.83. The van der Waals surface area contributed by atoms with Crippen molar-refractivity contribution >= 4 is 5.97 Å². The average Bonchev–Trinajstić information content (AvgIpc) is 2.95. The summed E-state index contributed by atoms with van der Waals surface area (Å²) in [5.74, 6) is 1.02. The lowest BCUT2D eigenvalue weighted by Crippen LogP contribution is -2.03. The lowest BCUT2D eigenvalue weighted by Gasteiger charge is -2.01. The van der Waals surface area contributed by atoms with Crippen molar-refractivity contribution in [2.45, 2.75) is 58.3 Å². The number of rotatable bonds is 8. The summed E-state index contributed by atoms with van der Waals surface area (Å²) < 4.78 is 4.86. The van der Waals surface area contributed by atoms with Gasteiger partial charge in [-0.2, -0.15) is 0 Å². The maximum Gasteiger partial charge on any atom is 0.305 e. The SMILES string of the molecule is CCOC(=O)CCCCCCC1CC1. The van der Waals surface area contributed by atoms with E-state index in [2.05, 4.69) is 0 Å². The molecule has 0 atom stereocenters. The molecule has 82 valence electrons. The number of carbonyl (C=O) groups is 1.